The van der Waals surface area contributed by atoms with E-state index in [1.54, 1.807) is 0 Å². The number of hydrogen-bond donors (Lipinski definition) is 1. The largest absolute Gasteiger partial charge is 0.477 e. The highest BCUT2D eigenvalue weighted by Gasteiger charge is 2.12. The van der Waals surface area contributed by atoms with Crippen LogP contribution >= 0.6 is 11.6 Å². The van der Waals surface area contributed by atoms with Crippen molar-refractivity contribution in [1.82, 2.24) is 9.55 Å². The Morgan fingerprint density at radius 2 is 2.25 bits per heavy atom. The molecule has 0 amide bonds. The topological polar surface area (TPSA) is 55.1 Å². The second kappa shape index (κ2) is 3.94. The van der Waals surface area contributed by atoms with Crippen LogP contribution in [0.5, 0.6) is 0 Å². The lowest BCUT2D eigenvalue weighted by Crippen LogP contribution is -2.05. The lowest BCUT2D eigenvalue weighted by atomic mass is 10.3. The van der Waals surface area contributed by atoms with E-state index in [-0.39, 0.29) is 10.7 Å². The number of rotatable bonds is 2. The molecule has 1 heterocycles. The first-order chi connectivity index (χ1) is 7.59. The SMILES string of the molecule is O=C(O)c1cncn1-c1ccc(F)c(Cl)c1. The van der Waals surface area contributed by atoms with Crippen molar-refractivity contribution in [2.45, 2.75) is 0 Å². The summed E-state index contributed by atoms with van der Waals surface area (Å²) in [6.07, 6.45) is 2.53. The fourth-order valence-corrected chi connectivity index (χ4v) is 1.47. The molecule has 0 saturated heterocycles. The predicted molar refractivity (Wildman–Crippen MR) is 55.5 cm³/mol. The Morgan fingerprint density at radius 1 is 1.50 bits per heavy atom. The maximum Gasteiger partial charge on any atom is 0.354 e. The molecular formula is C10H6ClFN2O2. The van der Waals surface area contributed by atoms with Crippen molar-refractivity contribution in [2.24, 2.45) is 0 Å². The Hall–Kier alpha value is -1.88. The molecule has 1 aromatic heterocycles. The molecule has 1 N–H and O–H groups in total. The first kappa shape index (κ1) is 10.6. The van der Waals surface area contributed by atoms with Gasteiger partial charge in [-0.05, 0) is 18.2 Å². The average Bonchev–Trinajstić information content (AvgIpc) is 2.71. The molecule has 82 valence electrons. The standard InChI is InChI=1S/C10H6ClFN2O2/c11-7-3-6(1-2-8(7)12)14-5-13-4-9(14)10(15)16/h1-5H,(H,15,16). The number of hydrogen-bond acceptors (Lipinski definition) is 2. The highest BCUT2D eigenvalue weighted by molar-refractivity contribution is 6.30. The maximum atomic E-state index is 12.9. The molecule has 0 fully saturated rings. The van der Waals surface area contributed by atoms with Gasteiger partial charge in [-0.15, -0.1) is 0 Å². The zero-order valence-corrected chi connectivity index (χ0v) is 8.65. The monoisotopic (exact) mass is 240 g/mol. The van der Waals surface area contributed by atoms with Crippen molar-refractivity contribution in [1.29, 1.82) is 0 Å². The van der Waals surface area contributed by atoms with Gasteiger partial charge in [0.2, 0.25) is 0 Å². The van der Waals surface area contributed by atoms with E-state index in [0.29, 0.717) is 5.69 Å². The Kier molecular flexibility index (Phi) is 2.62. The summed E-state index contributed by atoms with van der Waals surface area (Å²) in [5.41, 5.74) is 0.434. The average molecular weight is 241 g/mol. The molecule has 0 atom stereocenters. The van der Waals surface area contributed by atoms with Gasteiger partial charge >= 0.3 is 5.97 Å². The fraction of sp³-hybridized carbons (Fsp3) is 0. The van der Waals surface area contributed by atoms with Gasteiger partial charge < -0.3 is 5.11 Å². The van der Waals surface area contributed by atoms with Crippen LogP contribution in [0.4, 0.5) is 4.39 Å². The number of imidazole rings is 1. The third kappa shape index (κ3) is 1.77. The first-order valence-electron chi connectivity index (χ1n) is 4.30. The van der Waals surface area contributed by atoms with Gasteiger partial charge in [0.1, 0.15) is 5.82 Å². The molecule has 0 saturated carbocycles. The summed E-state index contributed by atoms with van der Waals surface area (Å²) in [6, 6.07) is 3.93. The smallest absolute Gasteiger partial charge is 0.354 e. The molecule has 4 nitrogen and oxygen atoms in total. The maximum absolute atomic E-state index is 12.9. The normalized spacial score (nSPS) is 10.4. The van der Waals surface area contributed by atoms with Crippen molar-refractivity contribution in [3.05, 3.63) is 47.3 Å². The molecule has 2 rings (SSSR count). The van der Waals surface area contributed by atoms with E-state index in [9.17, 15) is 9.18 Å². The van der Waals surface area contributed by atoms with E-state index >= 15 is 0 Å². The Balaban J connectivity index is 2.54. The van der Waals surface area contributed by atoms with Crippen molar-refractivity contribution in [3.8, 4) is 5.69 Å². The molecule has 0 aliphatic carbocycles. The predicted octanol–water partition coefficient (Wildman–Crippen LogP) is 2.36. The van der Waals surface area contributed by atoms with Gasteiger partial charge in [-0.2, -0.15) is 0 Å². The van der Waals surface area contributed by atoms with Crippen LogP contribution in [0.2, 0.25) is 5.02 Å². The van der Waals surface area contributed by atoms with Crippen LogP contribution in [0.15, 0.2) is 30.7 Å². The van der Waals surface area contributed by atoms with Crippen LogP contribution < -0.4 is 0 Å². The van der Waals surface area contributed by atoms with E-state index in [4.69, 9.17) is 16.7 Å². The number of aromatic nitrogens is 2. The minimum absolute atomic E-state index is 0.0114. The third-order valence-electron chi connectivity index (χ3n) is 2.04. The summed E-state index contributed by atoms with van der Waals surface area (Å²) in [6.45, 7) is 0. The zero-order chi connectivity index (χ0) is 11.7. The summed E-state index contributed by atoms with van der Waals surface area (Å²) < 4.78 is 14.2. The second-order valence-electron chi connectivity index (χ2n) is 3.05. The van der Waals surface area contributed by atoms with E-state index in [2.05, 4.69) is 4.98 Å². The number of carboxylic acids is 1. The minimum atomic E-state index is -1.11. The Morgan fingerprint density at radius 3 is 2.88 bits per heavy atom. The van der Waals surface area contributed by atoms with Crippen LogP contribution in [0.25, 0.3) is 5.69 Å². The molecule has 0 bridgehead atoms. The van der Waals surface area contributed by atoms with Gasteiger partial charge in [-0.3, -0.25) is 4.57 Å². The molecule has 0 spiro atoms. The number of halogens is 2. The van der Waals surface area contributed by atoms with E-state index < -0.39 is 11.8 Å². The summed E-state index contributed by atoms with van der Waals surface area (Å²) >= 11 is 5.61. The van der Waals surface area contributed by atoms with E-state index in [1.807, 2.05) is 0 Å². The summed E-state index contributed by atoms with van der Waals surface area (Å²) in [5, 5.41) is 8.80. The lowest BCUT2D eigenvalue weighted by Gasteiger charge is -2.05. The van der Waals surface area contributed by atoms with Crippen LogP contribution in [0, 0.1) is 5.82 Å². The lowest BCUT2D eigenvalue weighted by molar-refractivity contribution is 0.0688. The van der Waals surface area contributed by atoms with Crippen molar-refractivity contribution in [3.63, 3.8) is 0 Å². The number of carbonyl (C=O) groups is 1. The Labute approximate surface area is 94.9 Å². The molecular weight excluding hydrogens is 235 g/mol. The van der Waals surface area contributed by atoms with Crippen molar-refractivity contribution >= 4 is 17.6 Å². The van der Waals surface area contributed by atoms with Gasteiger partial charge in [0.15, 0.2) is 5.69 Å². The summed E-state index contributed by atoms with van der Waals surface area (Å²) in [7, 11) is 0. The second-order valence-corrected chi connectivity index (χ2v) is 3.46. The van der Waals surface area contributed by atoms with E-state index in [0.717, 1.165) is 0 Å². The molecule has 0 radical (unpaired) electrons. The minimum Gasteiger partial charge on any atom is -0.477 e. The number of carboxylic acid groups (broad SMARTS) is 1. The molecule has 16 heavy (non-hydrogen) atoms. The quantitative estimate of drug-likeness (QED) is 0.877. The Bertz CT molecular complexity index is 554. The highest BCUT2D eigenvalue weighted by atomic mass is 35.5. The molecule has 0 unspecified atom stereocenters. The fourth-order valence-electron chi connectivity index (χ4n) is 1.29. The zero-order valence-electron chi connectivity index (χ0n) is 7.89. The van der Waals surface area contributed by atoms with Crippen LogP contribution in [-0.4, -0.2) is 20.6 Å². The number of aromatic carboxylic acids is 1. The van der Waals surface area contributed by atoms with Gasteiger partial charge in [0.05, 0.1) is 17.5 Å². The highest BCUT2D eigenvalue weighted by Crippen LogP contribution is 2.19. The van der Waals surface area contributed by atoms with Crippen LogP contribution in [0.1, 0.15) is 10.5 Å². The van der Waals surface area contributed by atoms with Crippen LogP contribution in [-0.2, 0) is 0 Å². The summed E-state index contributed by atoms with van der Waals surface area (Å²) in [4.78, 5) is 14.6. The van der Waals surface area contributed by atoms with Gasteiger partial charge in [-0.1, -0.05) is 11.6 Å². The van der Waals surface area contributed by atoms with Crippen molar-refractivity contribution < 1.29 is 14.3 Å². The first-order valence-corrected chi connectivity index (χ1v) is 4.68. The molecule has 0 aliphatic rings. The van der Waals surface area contributed by atoms with Gasteiger partial charge in [-0.25, -0.2) is 14.2 Å². The van der Waals surface area contributed by atoms with Crippen LogP contribution in [0.3, 0.4) is 0 Å². The third-order valence-corrected chi connectivity index (χ3v) is 2.33. The molecule has 0 aliphatic heterocycles. The van der Waals surface area contributed by atoms with E-state index in [1.165, 1.54) is 35.3 Å². The number of benzene rings is 1. The van der Waals surface area contributed by atoms with Crippen molar-refractivity contribution in [2.75, 3.05) is 0 Å². The molecule has 2 aromatic rings. The molecule has 6 heteroatoms. The number of nitrogens with zero attached hydrogens (tertiary/aromatic N) is 2. The molecule has 1 aromatic carbocycles. The summed E-state index contributed by atoms with van der Waals surface area (Å²) in [5.74, 6) is -1.67. The van der Waals surface area contributed by atoms with Gasteiger partial charge in [0, 0.05) is 5.69 Å². The van der Waals surface area contributed by atoms with Gasteiger partial charge in [0.25, 0.3) is 0 Å².